The van der Waals surface area contributed by atoms with E-state index in [0.29, 0.717) is 31.0 Å². The average Bonchev–Trinajstić information content (AvgIpc) is 3.13. The minimum atomic E-state index is -0.461. The van der Waals surface area contributed by atoms with Crippen molar-refractivity contribution in [2.45, 2.75) is 33.4 Å². The van der Waals surface area contributed by atoms with E-state index in [0.717, 1.165) is 16.9 Å². The number of rotatable bonds is 5. The van der Waals surface area contributed by atoms with Crippen LogP contribution in [0.2, 0.25) is 0 Å². The Hall–Kier alpha value is -3.35. The Morgan fingerprint density at radius 2 is 2.10 bits per heavy atom. The molecule has 1 aliphatic rings. The predicted molar refractivity (Wildman–Crippen MR) is 113 cm³/mol. The van der Waals surface area contributed by atoms with Crippen molar-refractivity contribution in [3.05, 3.63) is 65.6 Å². The molecule has 2 aromatic heterocycles. The molecule has 0 spiro atoms. The summed E-state index contributed by atoms with van der Waals surface area (Å²) in [5, 5.41) is 2.85. The first-order valence-corrected chi connectivity index (χ1v) is 10.2. The summed E-state index contributed by atoms with van der Waals surface area (Å²) >= 11 is 0. The maximum Gasteiger partial charge on any atom is 0.254 e. The van der Waals surface area contributed by atoms with Gasteiger partial charge in [-0.3, -0.25) is 9.59 Å². The van der Waals surface area contributed by atoms with Crippen molar-refractivity contribution < 1.29 is 14.3 Å². The second kappa shape index (κ2) is 8.18. The van der Waals surface area contributed by atoms with Crippen LogP contribution in [0.25, 0.3) is 5.65 Å². The van der Waals surface area contributed by atoms with E-state index in [4.69, 9.17) is 4.74 Å². The maximum atomic E-state index is 13.1. The van der Waals surface area contributed by atoms with E-state index in [1.165, 1.54) is 0 Å². The van der Waals surface area contributed by atoms with E-state index >= 15 is 0 Å². The molecule has 1 aromatic carbocycles. The lowest BCUT2D eigenvalue weighted by Gasteiger charge is -2.37. The molecule has 7 heteroatoms. The van der Waals surface area contributed by atoms with E-state index in [1.54, 1.807) is 23.1 Å². The van der Waals surface area contributed by atoms with Crippen LogP contribution < -0.4 is 10.1 Å². The fraction of sp³-hybridized carbons (Fsp3) is 0.348. The number of nitrogens with zero attached hydrogens (tertiary/aromatic N) is 3. The van der Waals surface area contributed by atoms with Crippen molar-refractivity contribution in [1.29, 1.82) is 0 Å². The Bertz CT molecular complexity index is 1090. The van der Waals surface area contributed by atoms with Gasteiger partial charge < -0.3 is 19.4 Å². The van der Waals surface area contributed by atoms with Crippen molar-refractivity contribution in [2.24, 2.45) is 5.92 Å². The number of nitrogens with one attached hydrogen (secondary N) is 1. The van der Waals surface area contributed by atoms with Crippen molar-refractivity contribution in [3.8, 4) is 5.75 Å². The van der Waals surface area contributed by atoms with Crippen LogP contribution >= 0.6 is 0 Å². The fourth-order valence-electron chi connectivity index (χ4n) is 3.84. The molecule has 0 radical (unpaired) electrons. The molecular formula is C23H26N4O3. The van der Waals surface area contributed by atoms with Crippen molar-refractivity contribution in [2.75, 3.05) is 13.1 Å². The number of hydrogen-bond donors (Lipinski definition) is 1. The largest absolute Gasteiger partial charge is 0.487 e. The number of aromatic nitrogens is 2. The molecule has 1 saturated heterocycles. The summed E-state index contributed by atoms with van der Waals surface area (Å²) in [6.07, 6.45) is 3.96. The SMILES string of the molecule is Cc1ccc2nc(COc3cccc(C(=O)N4CCNC(=O)C4C(C)C)c3)cn2c1. The van der Waals surface area contributed by atoms with Gasteiger partial charge in [-0.2, -0.15) is 0 Å². The van der Waals surface area contributed by atoms with E-state index in [-0.39, 0.29) is 17.7 Å². The minimum absolute atomic E-state index is 0.0346. The summed E-state index contributed by atoms with van der Waals surface area (Å²) in [5.74, 6) is 0.375. The highest BCUT2D eigenvalue weighted by Gasteiger charge is 2.35. The van der Waals surface area contributed by atoms with Gasteiger partial charge in [-0.15, -0.1) is 0 Å². The smallest absolute Gasteiger partial charge is 0.254 e. The average molecular weight is 406 g/mol. The lowest BCUT2D eigenvalue weighted by atomic mass is 9.98. The maximum absolute atomic E-state index is 13.1. The molecule has 1 N–H and O–H groups in total. The van der Waals surface area contributed by atoms with Gasteiger partial charge in [0.25, 0.3) is 5.91 Å². The van der Waals surface area contributed by atoms with Crippen LogP contribution in [0, 0.1) is 12.8 Å². The van der Waals surface area contributed by atoms with Gasteiger partial charge in [0.05, 0.1) is 5.69 Å². The van der Waals surface area contributed by atoms with E-state index < -0.39 is 6.04 Å². The van der Waals surface area contributed by atoms with Crippen LogP contribution in [-0.4, -0.2) is 45.2 Å². The van der Waals surface area contributed by atoms with Crippen LogP contribution in [0.15, 0.2) is 48.8 Å². The zero-order chi connectivity index (χ0) is 21.3. The van der Waals surface area contributed by atoms with Crippen LogP contribution in [0.1, 0.15) is 35.5 Å². The molecule has 3 heterocycles. The van der Waals surface area contributed by atoms with Crippen LogP contribution in [0.3, 0.4) is 0 Å². The molecule has 1 aliphatic heterocycles. The Labute approximate surface area is 175 Å². The monoisotopic (exact) mass is 406 g/mol. The molecule has 2 amide bonds. The number of hydrogen-bond acceptors (Lipinski definition) is 4. The van der Waals surface area contributed by atoms with Crippen LogP contribution in [0.4, 0.5) is 0 Å². The first kappa shape index (κ1) is 19.9. The standard InChI is InChI=1S/C23H26N4O3/c1-15(2)21-22(28)24-9-10-27(21)23(29)17-5-4-6-19(11-17)30-14-18-13-26-12-16(3)7-8-20(26)25-18/h4-8,11-13,15,21H,9-10,14H2,1-3H3,(H,24,28). The number of imidazole rings is 1. The highest BCUT2D eigenvalue weighted by molar-refractivity contribution is 5.98. The molecule has 0 aliphatic carbocycles. The quantitative estimate of drug-likeness (QED) is 0.707. The molecule has 156 valence electrons. The number of benzene rings is 1. The number of carbonyl (C=O) groups excluding carboxylic acids is 2. The zero-order valence-electron chi connectivity index (χ0n) is 17.5. The lowest BCUT2D eigenvalue weighted by molar-refractivity contribution is -0.129. The van der Waals surface area contributed by atoms with Gasteiger partial charge in [-0.05, 0) is 42.7 Å². The molecule has 1 unspecified atom stereocenters. The molecule has 1 atom stereocenters. The molecular weight excluding hydrogens is 380 g/mol. The number of carbonyl (C=O) groups is 2. The van der Waals surface area contributed by atoms with Gasteiger partial charge in [0, 0.05) is 31.0 Å². The third-order valence-electron chi connectivity index (χ3n) is 5.27. The number of ether oxygens (including phenoxy) is 1. The molecule has 4 rings (SSSR count). The van der Waals surface area contributed by atoms with E-state index in [9.17, 15) is 9.59 Å². The summed E-state index contributed by atoms with van der Waals surface area (Å²) < 4.78 is 7.87. The fourth-order valence-corrected chi connectivity index (χ4v) is 3.84. The molecule has 0 saturated carbocycles. The summed E-state index contributed by atoms with van der Waals surface area (Å²) in [7, 11) is 0. The Balaban J connectivity index is 1.49. The van der Waals surface area contributed by atoms with Crippen molar-refractivity contribution >= 4 is 17.5 Å². The van der Waals surface area contributed by atoms with Gasteiger partial charge in [0.1, 0.15) is 24.0 Å². The number of fused-ring (bicyclic) bond motifs is 1. The van der Waals surface area contributed by atoms with Crippen molar-refractivity contribution in [3.63, 3.8) is 0 Å². The molecule has 7 nitrogen and oxygen atoms in total. The van der Waals surface area contributed by atoms with Crippen molar-refractivity contribution in [1.82, 2.24) is 19.6 Å². The number of amides is 2. The highest BCUT2D eigenvalue weighted by atomic mass is 16.5. The van der Waals surface area contributed by atoms with Gasteiger partial charge in [0.15, 0.2) is 0 Å². The Morgan fingerprint density at radius 3 is 2.90 bits per heavy atom. The Kier molecular flexibility index (Phi) is 5.44. The molecule has 0 bridgehead atoms. The summed E-state index contributed by atoms with van der Waals surface area (Å²) in [5.41, 5.74) is 3.35. The van der Waals surface area contributed by atoms with E-state index in [1.807, 2.05) is 55.8 Å². The number of pyridine rings is 1. The molecule has 30 heavy (non-hydrogen) atoms. The minimum Gasteiger partial charge on any atom is -0.487 e. The van der Waals surface area contributed by atoms with Crippen LogP contribution in [-0.2, 0) is 11.4 Å². The number of aryl methyl sites for hydroxylation is 1. The van der Waals surface area contributed by atoms with Gasteiger partial charge in [0.2, 0.25) is 5.91 Å². The first-order valence-electron chi connectivity index (χ1n) is 10.2. The second-order valence-electron chi connectivity index (χ2n) is 8.00. The number of piperazine rings is 1. The Morgan fingerprint density at radius 1 is 1.27 bits per heavy atom. The summed E-state index contributed by atoms with van der Waals surface area (Å²) in [6, 6.07) is 10.6. The highest BCUT2D eigenvalue weighted by Crippen LogP contribution is 2.21. The molecule has 3 aromatic rings. The third kappa shape index (κ3) is 4.01. The first-order chi connectivity index (χ1) is 14.4. The lowest BCUT2D eigenvalue weighted by Crippen LogP contribution is -2.59. The summed E-state index contributed by atoms with van der Waals surface area (Å²) in [4.78, 5) is 31.6. The normalized spacial score (nSPS) is 16.7. The van der Waals surface area contributed by atoms with Gasteiger partial charge in [-0.25, -0.2) is 4.98 Å². The van der Waals surface area contributed by atoms with Gasteiger partial charge in [-0.1, -0.05) is 26.0 Å². The van der Waals surface area contributed by atoms with E-state index in [2.05, 4.69) is 10.3 Å². The zero-order valence-corrected chi connectivity index (χ0v) is 17.5. The summed E-state index contributed by atoms with van der Waals surface area (Å²) in [6.45, 7) is 7.21. The molecule has 1 fully saturated rings. The van der Waals surface area contributed by atoms with Gasteiger partial charge >= 0.3 is 0 Å². The second-order valence-corrected chi connectivity index (χ2v) is 8.00. The topological polar surface area (TPSA) is 75.9 Å². The predicted octanol–water partition coefficient (Wildman–Crippen LogP) is 2.82. The van der Waals surface area contributed by atoms with Crippen LogP contribution in [0.5, 0.6) is 5.75 Å². The third-order valence-corrected chi connectivity index (χ3v) is 5.27.